The molecule has 1 aromatic carbocycles. The lowest BCUT2D eigenvalue weighted by Crippen LogP contribution is -2.35. The summed E-state index contributed by atoms with van der Waals surface area (Å²) in [6.45, 7) is 0.132. The van der Waals surface area contributed by atoms with Crippen LogP contribution in [-0.4, -0.2) is 38.3 Å². The Balaban J connectivity index is 1.51. The van der Waals surface area contributed by atoms with E-state index in [2.05, 4.69) is 15.6 Å². The van der Waals surface area contributed by atoms with Gasteiger partial charge in [-0.15, -0.1) is 0 Å². The van der Waals surface area contributed by atoms with Gasteiger partial charge in [0, 0.05) is 12.6 Å². The molecule has 0 bridgehead atoms. The average molecular weight is 421 g/mol. The number of nitrogens with zero attached hydrogens (tertiary/aromatic N) is 2. The zero-order chi connectivity index (χ0) is 20.6. The van der Waals surface area contributed by atoms with E-state index in [1.165, 1.54) is 30.1 Å². The van der Waals surface area contributed by atoms with Crippen molar-refractivity contribution in [2.24, 2.45) is 0 Å². The minimum Gasteiger partial charge on any atom is -0.390 e. The van der Waals surface area contributed by atoms with Crippen LogP contribution in [0.25, 0.3) is 0 Å². The normalized spacial score (nSPS) is 14.1. The molecule has 1 heterocycles. The van der Waals surface area contributed by atoms with Gasteiger partial charge in [-0.1, -0.05) is 36.7 Å². The Morgan fingerprint density at radius 2 is 1.93 bits per heavy atom. The molecule has 2 amide bonds. The summed E-state index contributed by atoms with van der Waals surface area (Å²) in [4.78, 5) is 28.7. The molecule has 0 aliphatic heterocycles. The van der Waals surface area contributed by atoms with Crippen molar-refractivity contribution in [1.29, 1.82) is 0 Å². The number of imidazole rings is 1. The highest BCUT2D eigenvalue weighted by Crippen LogP contribution is 2.20. The van der Waals surface area contributed by atoms with E-state index in [0.29, 0.717) is 17.4 Å². The molecule has 2 aromatic rings. The van der Waals surface area contributed by atoms with E-state index < -0.39 is 0 Å². The second kappa shape index (κ2) is 10.4. The van der Waals surface area contributed by atoms with Crippen molar-refractivity contribution in [2.75, 3.05) is 5.75 Å². The molecule has 0 radical (unpaired) electrons. The minimum atomic E-state index is -0.320. The van der Waals surface area contributed by atoms with Crippen molar-refractivity contribution in [3.63, 3.8) is 0 Å². The van der Waals surface area contributed by atoms with Crippen LogP contribution in [0.5, 0.6) is 0 Å². The molecule has 3 N–H and O–H groups in total. The Morgan fingerprint density at radius 3 is 2.62 bits per heavy atom. The second-order valence-corrected chi connectivity index (χ2v) is 7.96. The Hall–Kier alpha value is -2.39. The molecule has 1 aromatic heterocycles. The van der Waals surface area contributed by atoms with Crippen molar-refractivity contribution < 1.29 is 19.1 Å². The number of aromatic nitrogens is 2. The van der Waals surface area contributed by atoms with Gasteiger partial charge < -0.3 is 20.3 Å². The summed E-state index contributed by atoms with van der Waals surface area (Å²) >= 11 is 1.20. The van der Waals surface area contributed by atoms with E-state index in [0.717, 1.165) is 31.2 Å². The first-order valence-electron chi connectivity index (χ1n) is 9.63. The first kappa shape index (κ1) is 21.3. The summed E-state index contributed by atoms with van der Waals surface area (Å²) in [6, 6.07) is 6.15. The number of hydrogen-bond donors (Lipinski definition) is 3. The maximum absolute atomic E-state index is 12.9. The molecule has 7 nitrogen and oxygen atoms in total. The number of carbonyl (C=O) groups is 2. The number of rotatable bonds is 9. The van der Waals surface area contributed by atoms with Gasteiger partial charge in [0.25, 0.3) is 0 Å². The quantitative estimate of drug-likeness (QED) is 0.539. The van der Waals surface area contributed by atoms with Crippen LogP contribution >= 0.6 is 11.8 Å². The number of aliphatic hydroxyl groups excluding tert-OH is 1. The summed E-state index contributed by atoms with van der Waals surface area (Å²) in [6.07, 6.45) is 5.77. The van der Waals surface area contributed by atoms with Crippen molar-refractivity contribution in [1.82, 2.24) is 20.2 Å². The SMILES string of the molecule is O=C(CSc1ncc(CO)n1CC(=O)NC1CCCC1)NCc1ccc(F)cc1. The fraction of sp³-hybridized carbons (Fsp3) is 0.450. The molecule has 1 fully saturated rings. The summed E-state index contributed by atoms with van der Waals surface area (Å²) in [5.41, 5.74) is 1.33. The average Bonchev–Trinajstić information content (AvgIpc) is 3.35. The van der Waals surface area contributed by atoms with Crippen LogP contribution in [0.3, 0.4) is 0 Å². The summed E-state index contributed by atoms with van der Waals surface area (Å²) in [7, 11) is 0. The molecule has 1 aliphatic rings. The van der Waals surface area contributed by atoms with Gasteiger partial charge in [0.1, 0.15) is 12.4 Å². The molecule has 29 heavy (non-hydrogen) atoms. The van der Waals surface area contributed by atoms with Crippen molar-refractivity contribution in [3.05, 3.63) is 47.5 Å². The lowest BCUT2D eigenvalue weighted by molar-refractivity contribution is -0.122. The molecule has 0 saturated heterocycles. The maximum atomic E-state index is 12.9. The Kier molecular flexibility index (Phi) is 7.65. The van der Waals surface area contributed by atoms with Crippen LogP contribution in [0.15, 0.2) is 35.6 Å². The van der Waals surface area contributed by atoms with E-state index in [-0.39, 0.29) is 42.6 Å². The first-order valence-corrected chi connectivity index (χ1v) is 10.6. The third-order valence-corrected chi connectivity index (χ3v) is 5.81. The fourth-order valence-electron chi connectivity index (χ4n) is 3.27. The molecule has 0 unspecified atom stereocenters. The molecular weight excluding hydrogens is 395 g/mol. The van der Waals surface area contributed by atoms with Crippen molar-refractivity contribution in [3.8, 4) is 0 Å². The lowest BCUT2D eigenvalue weighted by Gasteiger charge is -2.14. The number of aliphatic hydroxyl groups is 1. The second-order valence-electron chi connectivity index (χ2n) is 7.02. The van der Waals surface area contributed by atoms with E-state index in [9.17, 15) is 19.1 Å². The van der Waals surface area contributed by atoms with Gasteiger partial charge in [-0.25, -0.2) is 9.37 Å². The molecule has 0 spiro atoms. The monoisotopic (exact) mass is 420 g/mol. The molecule has 9 heteroatoms. The van der Waals surface area contributed by atoms with E-state index in [1.807, 2.05) is 0 Å². The molecule has 156 valence electrons. The number of nitrogens with one attached hydrogen (secondary N) is 2. The number of carbonyl (C=O) groups excluding carboxylic acids is 2. The minimum absolute atomic E-state index is 0.0614. The highest BCUT2D eigenvalue weighted by molar-refractivity contribution is 7.99. The predicted molar refractivity (Wildman–Crippen MR) is 108 cm³/mol. The number of amides is 2. The number of halogens is 1. The third-order valence-electron chi connectivity index (χ3n) is 4.82. The topological polar surface area (TPSA) is 96.2 Å². The molecule has 3 rings (SSSR count). The zero-order valence-electron chi connectivity index (χ0n) is 16.1. The number of thioether (sulfide) groups is 1. The molecule has 1 aliphatic carbocycles. The van der Waals surface area contributed by atoms with Crippen LogP contribution in [0.1, 0.15) is 36.9 Å². The Morgan fingerprint density at radius 1 is 1.21 bits per heavy atom. The first-order chi connectivity index (χ1) is 14.0. The van der Waals surface area contributed by atoms with Crippen LogP contribution in [0.4, 0.5) is 4.39 Å². The largest absolute Gasteiger partial charge is 0.390 e. The van der Waals surface area contributed by atoms with E-state index in [1.54, 1.807) is 16.7 Å². The van der Waals surface area contributed by atoms with Gasteiger partial charge in [-0.05, 0) is 30.5 Å². The molecular formula is C20H25FN4O3S. The van der Waals surface area contributed by atoms with E-state index in [4.69, 9.17) is 0 Å². The van der Waals surface area contributed by atoms with Gasteiger partial charge in [-0.2, -0.15) is 0 Å². The van der Waals surface area contributed by atoms with Gasteiger partial charge in [0.15, 0.2) is 5.16 Å². The van der Waals surface area contributed by atoms with Crippen LogP contribution in [0, 0.1) is 5.82 Å². The molecule has 0 atom stereocenters. The Labute approximate surface area is 173 Å². The van der Waals surface area contributed by atoms with Crippen LogP contribution < -0.4 is 10.6 Å². The van der Waals surface area contributed by atoms with E-state index >= 15 is 0 Å². The van der Waals surface area contributed by atoms with Crippen LogP contribution in [-0.2, 0) is 29.3 Å². The highest BCUT2D eigenvalue weighted by atomic mass is 32.2. The van der Waals surface area contributed by atoms with Crippen molar-refractivity contribution in [2.45, 2.75) is 56.6 Å². The third kappa shape index (κ3) is 6.30. The van der Waals surface area contributed by atoms with Gasteiger partial charge in [0.2, 0.25) is 11.8 Å². The van der Waals surface area contributed by atoms with Crippen LogP contribution in [0.2, 0.25) is 0 Å². The number of hydrogen-bond acceptors (Lipinski definition) is 5. The standard InChI is InChI=1S/C20H25FN4O3S/c21-15-7-5-14(6-8-15)9-22-19(28)13-29-20-23-10-17(12-26)25(20)11-18(27)24-16-3-1-2-4-16/h5-8,10,16,26H,1-4,9,11-13H2,(H,22,28)(H,24,27). The zero-order valence-corrected chi connectivity index (χ0v) is 16.9. The maximum Gasteiger partial charge on any atom is 0.240 e. The Bertz CT molecular complexity index is 835. The van der Waals surface area contributed by atoms with Gasteiger partial charge in [0.05, 0.1) is 24.3 Å². The molecule has 1 saturated carbocycles. The fourth-order valence-corrected chi connectivity index (χ4v) is 4.10. The van der Waals surface area contributed by atoms with Gasteiger partial charge in [-0.3, -0.25) is 9.59 Å². The lowest BCUT2D eigenvalue weighted by atomic mass is 10.2. The summed E-state index contributed by atoms with van der Waals surface area (Å²) in [5.74, 6) is -0.519. The highest BCUT2D eigenvalue weighted by Gasteiger charge is 2.19. The summed E-state index contributed by atoms with van der Waals surface area (Å²) in [5, 5.41) is 15.8. The van der Waals surface area contributed by atoms with Gasteiger partial charge >= 0.3 is 0 Å². The van der Waals surface area contributed by atoms with Crippen molar-refractivity contribution >= 4 is 23.6 Å². The summed E-state index contributed by atoms with van der Waals surface area (Å²) < 4.78 is 14.6. The predicted octanol–water partition coefficient (Wildman–Crippen LogP) is 1.98. The smallest absolute Gasteiger partial charge is 0.240 e. The number of benzene rings is 1.